The van der Waals surface area contributed by atoms with Crippen molar-refractivity contribution in [2.45, 2.75) is 0 Å². The van der Waals surface area contributed by atoms with E-state index in [1.807, 2.05) is 45.2 Å². The monoisotopic (exact) mass is 440 g/mol. The second-order valence-electron chi connectivity index (χ2n) is 3.09. The Morgan fingerprint density at radius 3 is 2.38 bits per heavy atom. The van der Waals surface area contributed by atoms with Crippen molar-refractivity contribution in [3.8, 4) is 5.75 Å². The van der Waals surface area contributed by atoms with Crippen LogP contribution in [0.25, 0.3) is 0 Å². The van der Waals surface area contributed by atoms with Gasteiger partial charge in [-0.2, -0.15) is 0 Å². The van der Waals surface area contributed by atoms with E-state index in [-0.39, 0.29) is 11.5 Å². The maximum Gasteiger partial charge on any atom is 0.228 e. The quantitative estimate of drug-likeness (QED) is 0.576. The van der Waals surface area contributed by atoms with Crippen molar-refractivity contribution in [1.82, 2.24) is 0 Å². The summed E-state index contributed by atoms with van der Waals surface area (Å²) in [5.74, 6) is 0.329. The lowest BCUT2D eigenvalue weighted by Crippen LogP contribution is -2.00. The Morgan fingerprint density at radius 1 is 1.25 bits per heavy atom. The Balaban J connectivity index is 2.46. The lowest BCUT2D eigenvalue weighted by atomic mass is 10.1. The largest absolute Gasteiger partial charge is 0.506 e. The molecule has 1 heterocycles. The number of benzene rings is 1. The van der Waals surface area contributed by atoms with Gasteiger partial charge in [-0.3, -0.25) is 4.79 Å². The lowest BCUT2D eigenvalue weighted by Gasteiger charge is -2.03. The van der Waals surface area contributed by atoms with Crippen molar-refractivity contribution in [2.75, 3.05) is 0 Å². The van der Waals surface area contributed by atoms with Crippen LogP contribution in [-0.4, -0.2) is 10.9 Å². The first-order valence-electron chi connectivity index (χ1n) is 4.36. The molecule has 0 fully saturated rings. The molecule has 0 aliphatic carbocycles. The van der Waals surface area contributed by atoms with Crippen molar-refractivity contribution in [3.63, 3.8) is 0 Å². The summed E-state index contributed by atoms with van der Waals surface area (Å²) < 4.78 is 6.35. The van der Waals surface area contributed by atoms with Crippen molar-refractivity contribution >= 4 is 51.0 Å². The zero-order chi connectivity index (χ0) is 11.7. The van der Waals surface area contributed by atoms with Crippen LogP contribution in [0.3, 0.4) is 0 Å². The van der Waals surface area contributed by atoms with Gasteiger partial charge in [-0.1, -0.05) is 0 Å². The van der Waals surface area contributed by atoms with Crippen LogP contribution < -0.4 is 0 Å². The van der Waals surface area contributed by atoms with E-state index < -0.39 is 0 Å². The maximum absolute atomic E-state index is 11.9. The van der Waals surface area contributed by atoms with Crippen molar-refractivity contribution in [1.29, 1.82) is 0 Å². The minimum absolute atomic E-state index is 0.180. The molecule has 1 aromatic heterocycles. The molecule has 82 valence electrons. The van der Waals surface area contributed by atoms with Gasteiger partial charge in [0.1, 0.15) is 5.75 Å². The van der Waals surface area contributed by atoms with Gasteiger partial charge in [-0.05, 0) is 69.4 Å². The molecule has 0 saturated heterocycles. The van der Waals surface area contributed by atoms with Gasteiger partial charge in [0.2, 0.25) is 5.78 Å². The Bertz CT molecular complexity index is 509. The van der Waals surface area contributed by atoms with E-state index in [0.29, 0.717) is 18.5 Å². The molecule has 0 aliphatic rings. The van der Waals surface area contributed by atoms with Crippen LogP contribution >= 0.6 is 45.2 Å². The predicted octanol–water partition coefficient (Wildman–Crippen LogP) is 3.43. The first-order chi connectivity index (χ1) is 7.59. The Hall–Kier alpha value is -0.570. The maximum atomic E-state index is 11.9. The number of aromatic hydroxyl groups is 1. The number of carbonyl (C=O) groups is 1. The van der Waals surface area contributed by atoms with Crippen LogP contribution in [-0.2, 0) is 0 Å². The number of furan rings is 1. The van der Waals surface area contributed by atoms with Crippen molar-refractivity contribution in [2.24, 2.45) is 0 Å². The molecule has 0 saturated carbocycles. The Kier molecular flexibility index (Phi) is 3.53. The number of phenols is 1. The molecule has 1 N–H and O–H groups in total. The number of hydrogen-bond donors (Lipinski definition) is 1. The average molecular weight is 440 g/mol. The van der Waals surface area contributed by atoms with E-state index in [1.54, 1.807) is 24.3 Å². The van der Waals surface area contributed by atoms with Crippen LogP contribution in [0, 0.1) is 7.14 Å². The molecule has 3 nitrogen and oxygen atoms in total. The third-order valence-corrected chi connectivity index (χ3v) is 3.67. The van der Waals surface area contributed by atoms with E-state index >= 15 is 0 Å². The average Bonchev–Trinajstić information content (AvgIpc) is 2.77. The predicted molar refractivity (Wildman–Crippen MR) is 75.7 cm³/mol. The zero-order valence-electron chi connectivity index (χ0n) is 7.91. The summed E-state index contributed by atoms with van der Waals surface area (Å²) in [6.07, 6.45) is 1.46. The van der Waals surface area contributed by atoms with E-state index in [9.17, 15) is 9.90 Å². The normalized spacial score (nSPS) is 10.4. The molecule has 0 radical (unpaired) electrons. The van der Waals surface area contributed by atoms with E-state index in [2.05, 4.69) is 0 Å². The molecule has 0 bridgehead atoms. The number of hydrogen-bond acceptors (Lipinski definition) is 3. The van der Waals surface area contributed by atoms with Gasteiger partial charge in [0.05, 0.1) is 13.4 Å². The number of phenolic OH excluding ortho intramolecular Hbond substituents is 1. The summed E-state index contributed by atoms with van der Waals surface area (Å²) in [5, 5.41) is 9.59. The standard InChI is InChI=1S/C11H6I2O3/c12-7-4-6(5-8(13)11(7)15)10(14)9-2-1-3-16-9/h1-5,15H. The molecule has 2 aromatic rings. The summed E-state index contributed by atoms with van der Waals surface area (Å²) in [7, 11) is 0. The SMILES string of the molecule is O=C(c1cc(I)c(O)c(I)c1)c1ccco1. The fraction of sp³-hybridized carbons (Fsp3) is 0. The second kappa shape index (κ2) is 4.74. The fourth-order valence-electron chi connectivity index (χ4n) is 1.25. The van der Waals surface area contributed by atoms with Gasteiger partial charge < -0.3 is 9.52 Å². The van der Waals surface area contributed by atoms with Crippen LogP contribution in [0.5, 0.6) is 5.75 Å². The number of rotatable bonds is 2. The third kappa shape index (κ3) is 2.24. The molecular weight excluding hydrogens is 434 g/mol. The van der Waals surface area contributed by atoms with Crippen LogP contribution in [0.2, 0.25) is 0 Å². The fourth-order valence-corrected chi connectivity index (χ4v) is 3.01. The molecule has 0 spiro atoms. The molecular formula is C11H6I2O3. The van der Waals surface area contributed by atoms with Gasteiger partial charge in [-0.15, -0.1) is 0 Å². The van der Waals surface area contributed by atoms with Gasteiger partial charge in [0.25, 0.3) is 0 Å². The highest BCUT2D eigenvalue weighted by atomic mass is 127. The Morgan fingerprint density at radius 2 is 1.88 bits per heavy atom. The first-order valence-corrected chi connectivity index (χ1v) is 6.51. The molecule has 1 aromatic carbocycles. The molecule has 0 amide bonds. The number of carbonyl (C=O) groups excluding carboxylic acids is 1. The molecule has 0 atom stereocenters. The number of ketones is 1. The third-order valence-electron chi connectivity index (χ3n) is 2.02. The number of halogens is 2. The van der Waals surface area contributed by atoms with Crippen LogP contribution in [0.15, 0.2) is 34.9 Å². The van der Waals surface area contributed by atoms with Crippen LogP contribution in [0.1, 0.15) is 16.1 Å². The zero-order valence-corrected chi connectivity index (χ0v) is 12.2. The first kappa shape index (κ1) is 11.9. The second-order valence-corrected chi connectivity index (χ2v) is 5.42. The topological polar surface area (TPSA) is 50.4 Å². The van der Waals surface area contributed by atoms with Crippen molar-refractivity contribution < 1.29 is 14.3 Å². The molecule has 16 heavy (non-hydrogen) atoms. The summed E-state index contributed by atoms with van der Waals surface area (Å²) in [4.78, 5) is 11.9. The highest BCUT2D eigenvalue weighted by Gasteiger charge is 2.15. The van der Waals surface area contributed by atoms with E-state index in [0.717, 1.165) is 0 Å². The summed E-state index contributed by atoms with van der Waals surface area (Å²) in [5.41, 5.74) is 0.515. The molecule has 0 unspecified atom stereocenters. The van der Waals surface area contributed by atoms with Crippen LogP contribution in [0.4, 0.5) is 0 Å². The smallest absolute Gasteiger partial charge is 0.228 e. The van der Waals surface area contributed by atoms with Gasteiger partial charge >= 0.3 is 0 Å². The summed E-state index contributed by atoms with van der Waals surface area (Å²) in [6, 6.07) is 6.57. The highest BCUT2D eigenvalue weighted by molar-refractivity contribution is 14.1. The van der Waals surface area contributed by atoms with Gasteiger partial charge in [-0.25, -0.2) is 0 Å². The summed E-state index contributed by atoms with van der Waals surface area (Å²) in [6.45, 7) is 0. The Labute approximate surface area is 119 Å². The van der Waals surface area contributed by atoms with Crippen molar-refractivity contribution in [3.05, 3.63) is 49.0 Å². The summed E-state index contributed by atoms with van der Waals surface area (Å²) >= 11 is 3.98. The highest BCUT2D eigenvalue weighted by Crippen LogP contribution is 2.28. The lowest BCUT2D eigenvalue weighted by molar-refractivity contribution is 0.101. The van der Waals surface area contributed by atoms with E-state index in [1.165, 1.54) is 6.26 Å². The van der Waals surface area contributed by atoms with Gasteiger partial charge in [0.15, 0.2) is 5.76 Å². The minimum atomic E-state index is -0.180. The van der Waals surface area contributed by atoms with E-state index in [4.69, 9.17) is 4.42 Å². The molecule has 5 heteroatoms. The minimum Gasteiger partial charge on any atom is -0.506 e. The molecule has 0 aliphatic heterocycles. The van der Waals surface area contributed by atoms with Gasteiger partial charge in [0, 0.05) is 5.56 Å². The molecule has 2 rings (SSSR count).